The number of carbonyl (C=O) groups excluding carboxylic acids is 2. The Kier molecular flexibility index (Phi) is 8.84. The van der Waals surface area contributed by atoms with E-state index in [0.29, 0.717) is 17.7 Å². The highest BCUT2D eigenvalue weighted by Gasteiger charge is 2.29. The predicted octanol–water partition coefficient (Wildman–Crippen LogP) is 4.86. The molecule has 0 aliphatic carbocycles. The molecule has 6 heteroatoms. The summed E-state index contributed by atoms with van der Waals surface area (Å²) < 4.78 is 11.0. The van der Waals surface area contributed by atoms with Crippen LogP contribution >= 0.6 is 0 Å². The molecule has 2 rings (SSSR count). The highest BCUT2D eigenvalue weighted by molar-refractivity contribution is 5.96. The SMILES string of the molecule is Cc1ccc(CCCC(=O)c2ccc(OC[C@](C)(CO)NC(=O)OC(C)(C)C)cc2)cc1. The van der Waals surface area contributed by atoms with Crippen molar-refractivity contribution in [3.63, 3.8) is 0 Å². The zero-order chi connectivity index (χ0) is 23.8. The zero-order valence-electron chi connectivity index (χ0n) is 19.7. The van der Waals surface area contributed by atoms with Gasteiger partial charge in [-0.3, -0.25) is 4.79 Å². The molecule has 0 heterocycles. The van der Waals surface area contributed by atoms with Crippen LogP contribution in [0.15, 0.2) is 48.5 Å². The van der Waals surface area contributed by atoms with Crippen LogP contribution in [-0.4, -0.2) is 41.3 Å². The highest BCUT2D eigenvalue weighted by Crippen LogP contribution is 2.17. The molecular formula is C26H35NO5. The van der Waals surface area contributed by atoms with E-state index in [1.165, 1.54) is 11.1 Å². The largest absolute Gasteiger partial charge is 0.491 e. The van der Waals surface area contributed by atoms with E-state index in [2.05, 4.69) is 36.5 Å². The number of benzene rings is 2. The van der Waals surface area contributed by atoms with E-state index in [-0.39, 0.29) is 19.0 Å². The predicted molar refractivity (Wildman–Crippen MR) is 125 cm³/mol. The number of aliphatic hydroxyl groups excluding tert-OH is 1. The minimum Gasteiger partial charge on any atom is -0.491 e. The second-order valence-electron chi connectivity index (χ2n) is 9.42. The van der Waals surface area contributed by atoms with Gasteiger partial charge in [0.1, 0.15) is 18.0 Å². The molecule has 0 spiro atoms. The Bertz CT molecular complexity index is 884. The van der Waals surface area contributed by atoms with E-state index in [1.807, 2.05) is 0 Å². The molecule has 2 aromatic rings. The third-order valence-electron chi connectivity index (χ3n) is 4.88. The van der Waals surface area contributed by atoms with Gasteiger partial charge < -0.3 is 19.9 Å². The topological polar surface area (TPSA) is 84.9 Å². The number of alkyl carbamates (subject to hydrolysis) is 1. The van der Waals surface area contributed by atoms with Crippen LogP contribution in [0.25, 0.3) is 0 Å². The molecule has 0 aromatic heterocycles. The van der Waals surface area contributed by atoms with Gasteiger partial charge in [0.15, 0.2) is 5.78 Å². The average Bonchev–Trinajstić information content (AvgIpc) is 2.72. The summed E-state index contributed by atoms with van der Waals surface area (Å²) in [6.07, 6.45) is 1.53. The lowest BCUT2D eigenvalue weighted by molar-refractivity contribution is 0.0352. The Labute approximate surface area is 190 Å². The van der Waals surface area contributed by atoms with Crippen LogP contribution in [0.3, 0.4) is 0 Å². The summed E-state index contributed by atoms with van der Waals surface area (Å²) in [4.78, 5) is 24.5. The number of ether oxygens (including phenoxy) is 2. The molecule has 174 valence electrons. The standard InChI is InChI=1S/C26H35NO5/c1-19-9-11-20(12-10-19)7-6-8-23(29)21-13-15-22(16-14-21)31-18-26(5,17-28)27-24(30)32-25(2,3)4/h9-16,28H,6-8,17-18H2,1-5H3,(H,27,30)/t26-/m0/s1. The number of carbonyl (C=O) groups is 2. The lowest BCUT2D eigenvalue weighted by atomic mass is 10.0. The molecule has 1 amide bonds. The van der Waals surface area contributed by atoms with E-state index in [0.717, 1.165) is 12.8 Å². The molecule has 1 atom stereocenters. The summed E-state index contributed by atoms with van der Waals surface area (Å²) >= 11 is 0. The number of amides is 1. The van der Waals surface area contributed by atoms with Crippen molar-refractivity contribution in [3.8, 4) is 5.75 Å². The molecule has 2 N–H and O–H groups in total. The monoisotopic (exact) mass is 441 g/mol. The molecule has 32 heavy (non-hydrogen) atoms. The molecule has 0 aliphatic heterocycles. The minimum atomic E-state index is -1.01. The average molecular weight is 442 g/mol. The van der Waals surface area contributed by atoms with Crippen molar-refractivity contribution in [3.05, 3.63) is 65.2 Å². The highest BCUT2D eigenvalue weighted by atomic mass is 16.6. The van der Waals surface area contributed by atoms with E-state index >= 15 is 0 Å². The van der Waals surface area contributed by atoms with Crippen LogP contribution in [-0.2, 0) is 11.2 Å². The van der Waals surface area contributed by atoms with Gasteiger partial charge in [0.25, 0.3) is 0 Å². The van der Waals surface area contributed by atoms with Gasteiger partial charge >= 0.3 is 6.09 Å². The van der Waals surface area contributed by atoms with E-state index in [4.69, 9.17) is 9.47 Å². The van der Waals surface area contributed by atoms with Crippen molar-refractivity contribution < 1.29 is 24.2 Å². The lowest BCUT2D eigenvalue weighted by Crippen LogP contribution is -2.54. The maximum Gasteiger partial charge on any atom is 0.408 e. The summed E-state index contributed by atoms with van der Waals surface area (Å²) in [5.74, 6) is 0.641. The van der Waals surface area contributed by atoms with Gasteiger partial charge in [0.05, 0.1) is 12.1 Å². The number of hydrogen-bond acceptors (Lipinski definition) is 5. The maximum atomic E-state index is 12.5. The van der Waals surface area contributed by atoms with Gasteiger partial charge in [-0.15, -0.1) is 0 Å². The number of aryl methyl sites for hydroxylation is 2. The van der Waals surface area contributed by atoms with Crippen LogP contribution in [0.2, 0.25) is 0 Å². The molecule has 0 bridgehead atoms. The van der Waals surface area contributed by atoms with Crippen molar-refractivity contribution >= 4 is 11.9 Å². The molecule has 0 radical (unpaired) electrons. The Morgan fingerprint density at radius 2 is 1.59 bits per heavy atom. The number of nitrogens with one attached hydrogen (secondary N) is 1. The number of Topliss-reactive ketones (excluding diaryl/α,β-unsaturated/α-hetero) is 1. The third kappa shape index (κ3) is 8.71. The van der Waals surface area contributed by atoms with Crippen LogP contribution in [0.1, 0.15) is 62.0 Å². The maximum absolute atomic E-state index is 12.5. The Balaban J connectivity index is 1.83. The molecule has 0 aliphatic rings. The first-order valence-corrected chi connectivity index (χ1v) is 10.9. The van der Waals surface area contributed by atoms with Crippen LogP contribution in [0.5, 0.6) is 5.75 Å². The van der Waals surface area contributed by atoms with Crippen molar-refractivity contribution in [1.29, 1.82) is 0 Å². The van der Waals surface area contributed by atoms with Gasteiger partial charge in [0.2, 0.25) is 0 Å². The summed E-state index contributed by atoms with van der Waals surface area (Å²) in [6, 6.07) is 15.3. The first-order valence-electron chi connectivity index (χ1n) is 10.9. The smallest absolute Gasteiger partial charge is 0.408 e. The van der Waals surface area contributed by atoms with Crippen LogP contribution in [0.4, 0.5) is 4.79 Å². The fourth-order valence-electron chi connectivity index (χ4n) is 3.00. The van der Waals surface area contributed by atoms with Crippen LogP contribution in [0, 0.1) is 6.92 Å². The second kappa shape index (κ2) is 11.1. The van der Waals surface area contributed by atoms with Crippen molar-refractivity contribution in [2.45, 2.75) is 65.0 Å². The third-order valence-corrected chi connectivity index (χ3v) is 4.88. The quantitative estimate of drug-likeness (QED) is 0.515. The van der Waals surface area contributed by atoms with Gasteiger partial charge in [-0.1, -0.05) is 29.8 Å². The fraction of sp³-hybridized carbons (Fsp3) is 0.462. The lowest BCUT2D eigenvalue weighted by Gasteiger charge is -2.30. The Morgan fingerprint density at radius 3 is 2.16 bits per heavy atom. The van der Waals surface area contributed by atoms with E-state index in [1.54, 1.807) is 52.0 Å². The second-order valence-corrected chi connectivity index (χ2v) is 9.42. The van der Waals surface area contributed by atoms with Crippen molar-refractivity contribution in [2.75, 3.05) is 13.2 Å². The number of ketones is 1. The van der Waals surface area contributed by atoms with Gasteiger partial charge in [-0.2, -0.15) is 0 Å². The first kappa shape index (κ1) is 25.4. The fourth-order valence-corrected chi connectivity index (χ4v) is 3.00. The van der Waals surface area contributed by atoms with Gasteiger partial charge in [-0.05, 0) is 77.3 Å². The van der Waals surface area contributed by atoms with Gasteiger partial charge in [-0.25, -0.2) is 4.79 Å². The summed E-state index contributed by atoms with van der Waals surface area (Å²) in [5, 5.41) is 12.4. The van der Waals surface area contributed by atoms with E-state index < -0.39 is 17.2 Å². The first-order chi connectivity index (χ1) is 15.0. The summed E-state index contributed by atoms with van der Waals surface area (Å²) in [6.45, 7) is 8.77. The molecular weight excluding hydrogens is 406 g/mol. The van der Waals surface area contributed by atoms with Crippen molar-refractivity contribution in [1.82, 2.24) is 5.32 Å². The molecule has 0 saturated carbocycles. The number of rotatable bonds is 10. The summed E-state index contributed by atoms with van der Waals surface area (Å²) in [5.41, 5.74) is 1.46. The summed E-state index contributed by atoms with van der Waals surface area (Å²) in [7, 11) is 0. The normalized spacial score (nSPS) is 13.2. The molecule has 0 fully saturated rings. The van der Waals surface area contributed by atoms with Crippen LogP contribution < -0.4 is 10.1 Å². The van der Waals surface area contributed by atoms with Gasteiger partial charge in [0, 0.05) is 12.0 Å². The number of hydrogen-bond donors (Lipinski definition) is 2. The van der Waals surface area contributed by atoms with E-state index in [9.17, 15) is 14.7 Å². The molecule has 6 nitrogen and oxygen atoms in total. The Morgan fingerprint density at radius 1 is 0.969 bits per heavy atom. The molecule has 0 saturated heterocycles. The van der Waals surface area contributed by atoms with Crippen molar-refractivity contribution in [2.24, 2.45) is 0 Å². The Hall–Kier alpha value is -2.86. The molecule has 0 unspecified atom stereocenters. The minimum absolute atomic E-state index is 0.0482. The molecule has 2 aromatic carbocycles. The number of aliphatic hydroxyl groups is 1. The zero-order valence-corrected chi connectivity index (χ0v) is 19.7.